The monoisotopic (exact) mass is 288 g/mol. The Kier molecular flexibility index (Phi) is 5.72. The summed E-state index contributed by atoms with van der Waals surface area (Å²) in [6.07, 6.45) is 7.23. The van der Waals surface area contributed by atoms with Crippen molar-refractivity contribution in [2.45, 2.75) is 59.5 Å². The van der Waals surface area contributed by atoms with Crippen molar-refractivity contribution < 1.29 is 9.47 Å². The molecule has 0 amide bonds. The molecule has 116 valence electrons. The van der Waals surface area contributed by atoms with Crippen molar-refractivity contribution in [3.05, 3.63) is 35.4 Å². The van der Waals surface area contributed by atoms with E-state index in [1.165, 1.54) is 30.4 Å². The lowest BCUT2D eigenvalue weighted by molar-refractivity contribution is 0.253. The van der Waals surface area contributed by atoms with Crippen LogP contribution in [0, 0.1) is 5.92 Å². The van der Waals surface area contributed by atoms with E-state index in [9.17, 15) is 0 Å². The maximum absolute atomic E-state index is 5.81. The van der Waals surface area contributed by atoms with Crippen molar-refractivity contribution >= 4 is 0 Å². The largest absolute Gasteiger partial charge is 0.490 e. The summed E-state index contributed by atoms with van der Waals surface area (Å²) >= 11 is 0. The molecular weight excluding hydrogens is 260 g/mol. The molecule has 0 aromatic heterocycles. The number of allylic oxidation sites excluding steroid dienone is 1. The van der Waals surface area contributed by atoms with Crippen LogP contribution in [0.4, 0.5) is 0 Å². The Morgan fingerprint density at radius 3 is 3.00 bits per heavy atom. The minimum absolute atomic E-state index is 0.290. The van der Waals surface area contributed by atoms with E-state index in [2.05, 4.69) is 39.8 Å². The predicted molar refractivity (Wildman–Crippen MR) is 88.2 cm³/mol. The first-order valence-corrected chi connectivity index (χ1v) is 8.12. The molecule has 0 saturated carbocycles. The van der Waals surface area contributed by atoms with E-state index in [-0.39, 0.29) is 0 Å². The molecule has 2 heteroatoms. The summed E-state index contributed by atoms with van der Waals surface area (Å²) in [7, 11) is 0. The van der Waals surface area contributed by atoms with E-state index >= 15 is 0 Å². The second-order valence-electron chi connectivity index (χ2n) is 6.55. The molecule has 0 fully saturated rings. The Hall–Kier alpha value is -1.44. The molecule has 0 bridgehead atoms. The van der Waals surface area contributed by atoms with E-state index in [0.717, 1.165) is 23.8 Å². The number of hydrogen-bond donors (Lipinski definition) is 0. The number of benzene rings is 1. The van der Waals surface area contributed by atoms with Gasteiger partial charge >= 0.3 is 0 Å². The smallest absolute Gasteiger partial charge is 0.126 e. The molecule has 1 aliphatic rings. The third-order valence-electron chi connectivity index (χ3n) is 3.91. The molecule has 0 spiro atoms. The van der Waals surface area contributed by atoms with Gasteiger partial charge in [0.15, 0.2) is 0 Å². The maximum Gasteiger partial charge on any atom is 0.126 e. The molecule has 0 N–H and O–H groups in total. The maximum atomic E-state index is 5.81. The Bertz CT molecular complexity index is 488. The van der Waals surface area contributed by atoms with Crippen LogP contribution in [0.1, 0.15) is 52.5 Å². The van der Waals surface area contributed by atoms with E-state index in [1.54, 1.807) is 0 Å². The lowest BCUT2D eigenvalue weighted by Crippen LogP contribution is -2.05. The van der Waals surface area contributed by atoms with Crippen LogP contribution < -0.4 is 9.47 Å². The van der Waals surface area contributed by atoms with Crippen molar-refractivity contribution in [2.75, 3.05) is 6.61 Å². The summed E-state index contributed by atoms with van der Waals surface area (Å²) < 4.78 is 11.6. The van der Waals surface area contributed by atoms with Gasteiger partial charge in [-0.3, -0.25) is 0 Å². The number of fused-ring (bicyclic) bond motifs is 1. The zero-order valence-electron chi connectivity index (χ0n) is 13.8. The average molecular weight is 288 g/mol. The van der Waals surface area contributed by atoms with Crippen LogP contribution in [0.15, 0.2) is 29.8 Å². The molecule has 2 nitrogen and oxygen atoms in total. The van der Waals surface area contributed by atoms with Crippen molar-refractivity contribution in [1.82, 2.24) is 0 Å². The molecule has 21 heavy (non-hydrogen) atoms. The highest BCUT2D eigenvalue weighted by atomic mass is 16.5. The molecule has 1 aliphatic heterocycles. The first-order valence-electron chi connectivity index (χ1n) is 8.12. The summed E-state index contributed by atoms with van der Waals surface area (Å²) in [5, 5.41) is 0. The molecule has 1 aromatic carbocycles. The zero-order valence-corrected chi connectivity index (χ0v) is 13.8. The predicted octanol–water partition coefficient (Wildman–Crippen LogP) is 5.16. The van der Waals surface area contributed by atoms with Crippen LogP contribution in [-0.4, -0.2) is 12.7 Å². The van der Waals surface area contributed by atoms with Gasteiger partial charge in [-0.2, -0.15) is 0 Å². The second kappa shape index (κ2) is 7.53. The van der Waals surface area contributed by atoms with Crippen LogP contribution in [0.5, 0.6) is 11.5 Å². The first kappa shape index (κ1) is 15.9. The average Bonchev–Trinajstić information content (AvgIpc) is 2.77. The summed E-state index contributed by atoms with van der Waals surface area (Å²) in [4.78, 5) is 0. The highest BCUT2D eigenvalue weighted by Crippen LogP contribution is 2.32. The summed E-state index contributed by atoms with van der Waals surface area (Å²) in [6, 6.07) is 6.18. The topological polar surface area (TPSA) is 18.5 Å². The standard InChI is InChI=1S/C19H28O2/c1-14(2)6-5-7-15(3)10-11-20-18-9-8-17-12-16(4)21-19(17)13-18/h8-10,13-14,16H,5-7,11-12H2,1-4H3. The third-order valence-corrected chi connectivity index (χ3v) is 3.91. The molecule has 1 aromatic rings. The van der Waals surface area contributed by atoms with Crippen LogP contribution in [0.3, 0.4) is 0 Å². The summed E-state index contributed by atoms with van der Waals surface area (Å²) in [6.45, 7) is 9.49. The highest BCUT2D eigenvalue weighted by Gasteiger charge is 2.18. The SMILES string of the molecule is CC(=CCOc1ccc2c(c1)OC(C)C2)CCCC(C)C. The van der Waals surface area contributed by atoms with Gasteiger partial charge in [0.2, 0.25) is 0 Å². The Balaban J connectivity index is 1.77. The minimum Gasteiger partial charge on any atom is -0.490 e. The Morgan fingerprint density at radius 2 is 2.24 bits per heavy atom. The highest BCUT2D eigenvalue weighted by molar-refractivity contribution is 5.43. The van der Waals surface area contributed by atoms with Gasteiger partial charge in [-0.05, 0) is 50.3 Å². The van der Waals surface area contributed by atoms with E-state index < -0.39 is 0 Å². The summed E-state index contributed by atoms with van der Waals surface area (Å²) in [5.74, 6) is 2.68. The van der Waals surface area contributed by atoms with E-state index in [4.69, 9.17) is 9.47 Å². The molecule has 0 aliphatic carbocycles. The molecule has 1 heterocycles. The number of hydrogen-bond acceptors (Lipinski definition) is 2. The van der Waals surface area contributed by atoms with Crippen molar-refractivity contribution in [1.29, 1.82) is 0 Å². The number of ether oxygens (including phenoxy) is 2. The van der Waals surface area contributed by atoms with Gasteiger partial charge < -0.3 is 9.47 Å². The van der Waals surface area contributed by atoms with Crippen molar-refractivity contribution in [3.63, 3.8) is 0 Å². The minimum atomic E-state index is 0.290. The van der Waals surface area contributed by atoms with E-state index in [0.29, 0.717) is 12.7 Å². The van der Waals surface area contributed by atoms with Crippen LogP contribution in [0.2, 0.25) is 0 Å². The molecule has 0 saturated heterocycles. The van der Waals surface area contributed by atoms with Gasteiger partial charge in [-0.1, -0.05) is 31.9 Å². The van der Waals surface area contributed by atoms with Crippen LogP contribution in [-0.2, 0) is 6.42 Å². The van der Waals surface area contributed by atoms with Gasteiger partial charge in [-0.25, -0.2) is 0 Å². The number of rotatable bonds is 7. The molecule has 1 atom stereocenters. The zero-order chi connectivity index (χ0) is 15.2. The van der Waals surface area contributed by atoms with Crippen LogP contribution >= 0.6 is 0 Å². The van der Waals surface area contributed by atoms with Gasteiger partial charge in [0.05, 0.1) is 0 Å². The summed E-state index contributed by atoms with van der Waals surface area (Å²) in [5.41, 5.74) is 2.71. The third kappa shape index (κ3) is 5.11. The lowest BCUT2D eigenvalue weighted by Gasteiger charge is -2.08. The fourth-order valence-corrected chi connectivity index (χ4v) is 2.64. The molecule has 1 unspecified atom stereocenters. The molecular formula is C19H28O2. The van der Waals surface area contributed by atoms with Crippen molar-refractivity contribution in [2.24, 2.45) is 5.92 Å². The van der Waals surface area contributed by atoms with Gasteiger partial charge in [0.1, 0.15) is 24.2 Å². The quantitative estimate of drug-likeness (QED) is 0.645. The Labute approximate surface area is 129 Å². The van der Waals surface area contributed by atoms with Crippen molar-refractivity contribution in [3.8, 4) is 11.5 Å². The molecule has 2 rings (SSSR count). The lowest BCUT2D eigenvalue weighted by atomic mass is 10.0. The van der Waals surface area contributed by atoms with E-state index in [1.807, 2.05) is 12.1 Å². The molecule has 0 radical (unpaired) electrons. The van der Waals surface area contributed by atoms with Crippen LogP contribution in [0.25, 0.3) is 0 Å². The second-order valence-corrected chi connectivity index (χ2v) is 6.55. The fourth-order valence-electron chi connectivity index (χ4n) is 2.64. The van der Waals surface area contributed by atoms with Gasteiger partial charge in [0, 0.05) is 12.5 Å². The normalized spacial score (nSPS) is 17.8. The first-order chi connectivity index (χ1) is 10.0. The van der Waals surface area contributed by atoms with Gasteiger partial charge in [0.25, 0.3) is 0 Å². The Morgan fingerprint density at radius 1 is 1.43 bits per heavy atom. The fraction of sp³-hybridized carbons (Fsp3) is 0.579. The van der Waals surface area contributed by atoms with Gasteiger partial charge in [-0.15, -0.1) is 0 Å².